The minimum absolute atomic E-state index is 0.00892. The van der Waals surface area contributed by atoms with Crippen LogP contribution in [0.3, 0.4) is 0 Å². The summed E-state index contributed by atoms with van der Waals surface area (Å²) in [5.41, 5.74) is 5.54. The van der Waals surface area contributed by atoms with Gasteiger partial charge in [-0.15, -0.1) is 0 Å². The molecule has 1 heterocycles. The smallest absolute Gasteiger partial charge is 0.275 e. The van der Waals surface area contributed by atoms with Gasteiger partial charge in [0.25, 0.3) is 5.56 Å². The molecule has 6 nitrogen and oxygen atoms in total. The highest BCUT2D eigenvalue weighted by atomic mass is 35.5. The zero-order chi connectivity index (χ0) is 14.0. The van der Waals surface area contributed by atoms with E-state index in [1.807, 2.05) is 0 Å². The van der Waals surface area contributed by atoms with Crippen molar-refractivity contribution in [1.82, 2.24) is 9.78 Å². The molecule has 2 aromatic rings. The van der Waals surface area contributed by atoms with Crippen LogP contribution in [-0.2, 0) is 6.54 Å². The molecule has 0 unspecified atom stereocenters. The average molecular weight is 282 g/mol. The molecule has 0 radical (unpaired) electrons. The number of ether oxygens (including phenoxy) is 1. The van der Waals surface area contributed by atoms with E-state index in [9.17, 15) is 9.90 Å². The third kappa shape index (κ3) is 2.54. The normalized spacial score (nSPS) is 10.5. The fourth-order valence-corrected chi connectivity index (χ4v) is 1.80. The zero-order valence-electron chi connectivity index (χ0n) is 10.1. The Morgan fingerprint density at radius 2 is 2.21 bits per heavy atom. The number of hydrogen-bond donors (Lipinski definition) is 2. The number of hydrogen-bond acceptors (Lipinski definition) is 5. The van der Waals surface area contributed by atoms with E-state index < -0.39 is 5.56 Å². The summed E-state index contributed by atoms with van der Waals surface area (Å²) in [6.45, 7) is 0.00892. The lowest BCUT2D eigenvalue weighted by Crippen LogP contribution is -2.23. The number of methoxy groups -OCH3 is 1. The highest BCUT2D eigenvalue weighted by Crippen LogP contribution is 2.25. The van der Waals surface area contributed by atoms with Crippen molar-refractivity contribution < 1.29 is 9.84 Å². The van der Waals surface area contributed by atoms with Gasteiger partial charge >= 0.3 is 0 Å². The van der Waals surface area contributed by atoms with Crippen LogP contribution in [0.1, 0.15) is 5.69 Å². The van der Waals surface area contributed by atoms with Crippen LogP contribution in [0.2, 0.25) is 5.02 Å². The molecule has 0 spiro atoms. The van der Waals surface area contributed by atoms with Crippen molar-refractivity contribution in [2.24, 2.45) is 5.73 Å². The summed E-state index contributed by atoms with van der Waals surface area (Å²) in [6.07, 6.45) is 0. The van der Waals surface area contributed by atoms with Crippen molar-refractivity contribution in [1.29, 1.82) is 0 Å². The predicted molar refractivity (Wildman–Crippen MR) is 71.0 cm³/mol. The molecule has 0 fully saturated rings. The number of halogens is 1. The molecule has 100 valence electrons. The molecule has 7 heteroatoms. The number of aromatic hydroxyl groups is 1. The summed E-state index contributed by atoms with van der Waals surface area (Å²) in [6, 6.07) is 5.86. The summed E-state index contributed by atoms with van der Waals surface area (Å²) in [5, 5.41) is 14.0. The van der Waals surface area contributed by atoms with Crippen molar-refractivity contribution in [2.45, 2.75) is 6.54 Å². The summed E-state index contributed by atoms with van der Waals surface area (Å²) in [7, 11) is 1.47. The van der Waals surface area contributed by atoms with E-state index in [2.05, 4.69) is 5.10 Å². The third-order valence-corrected chi connectivity index (χ3v) is 2.78. The summed E-state index contributed by atoms with van der Waals surface area (Å²) in [4.78, 5) is 11.9. The Labute approximate surface area is 114 Å². The van der Waals surface area contributed by atoms with Crippen molar-refractivity contribution in [3.8, 4) is 17.2 Å². The maximum absolute atomic E-state index is 11.9. The summed E-state index contributed by atoms with van der Waals surface area (Å²) in [5.74, 6) is 0.206. The molecular weight excluding hydrogens is 270 g/mol. The monoisotopic (exact) mass is 281 g/mol. The lowest BCUT2D eigenvalue weighted by atomic mass is 10.3. The van der Waals surface area contributed by atoms with Crippen molar-refractivity contribution in [2.75, 3.05) is 7.11 Å². The quantitative estimate of drug-likeness (QED) is 0.878. The van der Waals surface area contributed by atoms with Crippen LogP contribution in [0.4, 0.5) is 0 Å². The minimum Gasteiger partial charge on any atom is -0.506 e. The van der Waals surface area contributed by atoms with E-state index in [0.717, 1.165) is 10.7 Å². The third-order valence-electron chi connectivity index (χ3n) is 2.55. The van der Waals surface area contributed by atoms with Gasteiger partial charge in [-0.1, -0.05) is 11.6 Å². The fraction of sp³-hybridized carbons (Fsp3) is 0.167. The average Bonchev–Trinajstić information content (AvgIpc) is 2.39. The summed E-state index contributed by atoms with van der Waals surface area (Å²) >= 11 is 5.91. The first-order valence-corrected chi connectivity index (χ1v) is 5.81. The molecule has 0 aliphatic carbocycles. The fourth-order valence-electron chi connectivity index (χ4n) is 1.63. The number of benzene rings is 1. The maximum atomic E-state index is 11.9. The second-order valence-corrected chi connectivity index (χ2v) is 4.18. The molecule has 1 aromatic heterocycles. The van der Waals surface area contributed by atoms with Crippen LogP contribution in [-0.4, -0.2) is 22.0 Å². The summed E-state index contributed by atoms with van der Waals surface area (Å²) < 4.78 is 6.25. The topological polar surface area (TPSA) is 90.4 Å². The molecule has 3 N–H and O–H groups in total. The van der Waals surface area contributed by atoms with Crippen LogP contribution in [0.15, 0.2) is 29.1 Å². The number of rotatable bonds is 3. The van der Waals surface area contributed by atoms with Crippen molar-refractivity contribution in [3.63, 3.8) is 0 Å². The van der Waals surface area contributed by atoms with Gasteiger partial charge in [0, 0.05) is 17.6 Å². The molecule has 1 aromatic carbocycles. The second kappa shape index (κ2) is 5.29. The first kappa shape index (κ1) is 13.4. The Balaban J connectivity index is 2.71. The lowest BCUT2D eigenvalue weighted by Gasteiger charge is -2.11. The first-order valence-electron chi connectivity index (χ1n) is 5.43. The molecule has 0 amide bonds. The molecule has 0 aliphatic heterocycles. The van der Waals surface area contributed by atoms with Gasteiger partial charge in [0.2, 0.25) is 0 Å². The van der Waals surface area contributed by atoms with Crippen molar-refractivity contribution in [3.05, 3.63) is 45.3 Å². The molecule has 2 rings (SSSR count). The van der Waals surface area contributed by atoms with Gasteiger partial charge in [0.1, 0.15) is 22.9 Å². The Morgan fingerprint density at radius 3 is 2.84 bits per heavy atom. The number of aromatic nitrogens is 2. The number of nitrogens with two attached hydrogens (primary N) is 1. The second-order valence-electron chi connectivity index (χ2n) is 3.75. The molecule has 0 saturated carbocycles. The van der Waals surface area contributed by atoms with Crippen LogP contribution in [0, 0.1) is 0 Å². The Hall–Kier alpha value is -2.05. The Kier molecular flexibility index (Phi) is 3.73. The van der Waals surface area contributed by atoms with Crippen molar-refractivity contribution >= 4 is 11.6 Å². The van der Waals surface area contributed by atoms with Gasteiger partial charge in [-0.2, -0.15) is 9.78 Å². The van der Waals surface area contributed by atoms with Gasteiger partial charge in [-0.05, 0) is 18.2 Å². The van der Waals surface area contributed by atoms with E-state index >= 15 is 0 Å². The molecule has 0 saturated heterocycles. The first-order chi connectivity index (χ1) is 9.06. The standard InChI is InChI=1S/C12H12ClN3O3/c1-19-11-3-2-7(13)4-9(11)16-12(18)5-10(17)8(6-14)15-16/h2-5,17H,6,14H2,1H3. The molecule has 19 heavy (non-hydrogen) atoms. The van der Waals surface area contributed by atoms with Crippen LogP contribution in [0.5, 0.6) is 11.5 Å². The maximum Gasteiger partial charge on any atom is 0.275 e. The van der Waals surface area contributed by atoms with E-state index in [1.54, 1.807) is 18.2 Å². The predicted octanol–water partition coefficient (Wildman–Crippen LogP) is 1.06. The molecule has 0 atom stereocenters. The van der Waals surface area contributed by atoms with Gasteiger partial charge in [0.05, 0.1) is 7.11 Å². The SMILES string of the molecule is COc1ccc(Cl)cc1-n1nc(CN)c(O)cc1=O. The zero-order valence-corrected chi connectivity index (χ0v) is 10.9. The number of nitrogens with zero attached hydrogens (tertiary/aromatic N) is 2. The lowest BCUT2D eigenvalue weighted by molar-refractivity contribution is 0.410. The molecule has 0 bridgehead atoms. The van der Waals surface area contributed by atoms with E-state index in [0.29, 0.717) is 16.5 Å². The van der Waals surface area contributed by atoms with Gasteiger partial charge < -0.3 is 15.6 Å². The van der Waals surface area contributed by atoms with Gasteiger partial charge in [-0.25, -0.2) is 0 Å². The van der Waals surface area contributed by atoms with Crippen LogP contribution in [0.25, 0.3) is 5.69 Å². The van der Waals surface area contributed by atoms with Crippen LogP contribution < -0.4 is 16.0 Å². The van der Waals surface area contributed by atoms with Gasteiger partial charge in [-0.3, -0.25) is 4.79 Å². The van der Waals surface area contributed by atoms with Crippen LogP contribution >= 0.6 is 11.6 Å². The highest BCUT2D eigenvalue weighted by Gasteiger charge is 2.12. The van der Waals surface area contributed by atoms with E-state index in [4.69, 9.17) is 22.1 Å². The Bertz CT molecular complexity index is 670. The Morgan fingerprint density at radius 1 is 1.47 bits per heavy atom. The highest BCUT2D eigenvalue weighted by molar-refractivity contribution is 6.30. The largest absolute Gasteiger partial charge is 0.506 e. The minimum atomic E-state index is -0.504. The van der Waals surface area contributed by atoms with E-state index in [1.165, 1.54) is 7.11 Å². The van der Waals surface area contributed by atoms with Gasteiger partial charge in [0.15, 0.2) is 0 Å². The van der Waals surface area contributed by atoms with E-state index in [-0.39, 0.29) is 18.0 Å². The molecular formula is C12H12ClN3O3. The molecule has 0 aliphatic rings.